The van der Waals surface area contributed by atoms with Gasteiger partial charge in [-0.05, 0) is 60.4 Å². The van der Waals surface area contributed by atoms with Crippen LogP contribution in [-0.2, 0) is 16.9 Å². The van der Waals surface area contributed by atoms with Crippen LogP contribution >= 0.6 is 0 Å². The van der Waals surface area contributed by atoms with Crippen LogP contribution in [0.3, 0.4) is 0 Å². The molecule has 4 rings (SSSR count). The van der Waals surface area contributed by atoms with Gasteiger partial charge in [-0.1, -0.05) is 51.7 Å². The number of nitrogens with one attached hydrogen (secondary N) is 1. The van der Waals surface area contributed by atoms with E-state index in [1.807, 2.05) is 79.3 Å². The lowest BCUT2D eigenvalue weighted by Gasteiger charge is -2.40. The first-order valence-corrected chi connectivity index (χ1v) is 16.3. The minimum Gasteiger partial charge on any atom is -0.392 e. The van der Waals surface area contributed by atoms with Gasteiger partial charge in [0.05, 0.1) is 16.8 Å². The molecule has 0 radical (unpaired) electrons. The van der Waals surface area contributed by atoms with Crippen molar-refractivity contribution in [2.24, 2.45) is 12.5 Å². The van der Waals surface area contributed by atoms with Crippen molar-refractivity contribution in [3.63, 3.8) is 0 Å². The number of aryl methyl sites for hydroxylation is 1. The predicted octanol–water partition coefficient (Wildman–Crippen LogP) is 5.48. The number of carbonyl (C=O) groups is 1. The van der Waals surface area contributed by atoms with E-state index in [1.54, 1.807) is 18.3 Å². The fraction of sp³-hybridized carbons (Fsp3) is 0.455. The third-order valence-electron chi connectivity index (χ3n) is 8.36. The molecule has 2 N–H and O–H groups in total. The number of anilines is 2. The summed E-state index contributed by atoms with van der Waals surface area (Å²) in [6.07, 6.45) is 7.49. The van der Waals surface area contributed by atoms with E-state index in [0.29, 0.717) is 29.7 Å². The lowest BCUT2D eigenvalue weighted by molar-refractivity contribution is -0.671. The second kappa shape index (κ2) is 12.7. The maximum Gasteiger partial charge on any atom is 0.261 e. The average molecular weight is 579 g/mol. The van der Waals surface area contributed by atoms with Crippen LogP contribution in [0.15, 0.2) is 71.9 Å². The SMILES string of the molecule is CCCCC1(CCCC)CS(=O)(=O)c2ccc(N(C)C)cc2[C@@H](c2cccc(NC(=O)c3ccc[n+](C)c3)c2)[C@H]1O. The van der Waals surface area contributed by atoms with E-state index in [0.717, 1.165) is 36.9 Å². The highest BCUT2D eigenvalue weighted by Gasteiger charge is 2.49. The van der Waals surface area contributed by atoms with Gasteiger partial charge in [0.25, 0.3) is 5.91 Å². The summed E-state index contributed by atoms with van der Waals surface area (Å²) in [7, 11) is 2.02. The molecule has 0 unspecified atom stereocenters. The summed E-state index contributed by atoms with van der Waals surface area (Å²) < 4.78 is 29.9. The van der Waals surface area contributed by atoms with E-state index < -0.39 is 27.3 Å². The van der Waals surface area contributed by atoms with E-state index in [1.165, 1.54) is 0 Å². The van der Waals surface area contributed by atoms with Gasteiger partial charge < -0.3 is 15.3 Å². The van der Waals surface area contributed by atoms with E-state index in [4.69, 9.17) is 0 Å². The van der Waals surface area contributed by atoms with Crippen molar-refractivity contribution < 1.29 is 22.9 Å². The van der Waals surface area contributed by atoms with E-state index in [2.05, 4.69) is 19.2 Å². The maximum atomic E-state index is 14.1. The van der Waals surface area contributed by atoms with E-state index >= 15 is 0 Å². The molecule has 220 valence electrons. The predicted molar refractivity (Wildman–Crippen MR) is 164 cm³/mol. The van der Waals surface area contributed by atoms with Crippen LogP contribution in [0.25, 0.3) is 0 Å². The molecule has 0 spiro atoms. The number of aliphatic hydroxyl groups excluding tert-OH is 1. The number of fused-ring (bicyclic) bond motifs is 1. The first kappa shape index (κ1) is 30.7. The molecule has 8 heteroatoms. The number of aromatic nitrogens is 1. The summed E-state index contributed by atoms with van der Waals surface area (Å²) in [5.41, 5.74) is 2.59. The largest absolute Gasteiger partial charge is 0.392 e. The summed E-state index contributed by atoms with van der Waals surface area (Å²) in [5, 5.41) is 15.4. The monoisotopic (exact) mass is 578 g/mol. The molecule has 41 heavy (non-hydrogen) atoms. The topological polar surface area (TPSA) is 90.6 Å². The van der Waals surface area contributed by atoms with Crippen molar-refractivity contribution in [1.82, 2.24) is 0 Å². The highest BCUT2D eigenvalue weighted by molar-refractivity contribution is 7.91. The Hall–Kier alpha value is -3.23. The summed E-state index contributed by atoms with van der Waals surface area (Å²) in [4.78, 5) is 15.3. The Morgan fingerprint density at radius 1 is 1.05 bits per heavy atom. The molecule has 1 aromatic heterocycles. The third kappa shape index (κ3) is 6.65. The van der Waals surface area contributed by atoms with Crippen LogP contribution in [0, 0.1) is 5.41 Å². The van der Waals surface area contributed by atoms with Crippen molar-refractivity contribution in [3.8, 4) is 0 Å². The number of rotatable bonds is 10. The summed E-state index contributed by atoms with van der Waals surface area (Å²) in [6.45, 7) is 4.19. The molecule has 3 aromatic rings. The minimum atomic E-state index is -3.68. The van der Waals surface area contributed by atoms with Crippen molar-refractivity contribution in [3.05, 3.63) is 83.7 Å². The molecule has 0 saturated heterocycles. The number of sulfone groups is 1. The van der Waals surface area contributed by atoms with Crippen molar-refractivity contribution in [2.45, 2.75) is 69.3 Å². The Bertz CT molecular complexity index is 1480. The minimum absolute atomic E-state index is 0.0760. The lowest BCUT2D eigenvalue weighted by atomic mass is 9.68. The first-order chi connectivity index (χ1) is 19.5. The molecule has 1 aliphatic heterocycles. The van der Waals surface area contributed by atoms with Gasteiger partial charge >= 0.3 is 0 Å². The number of unbranched alkanes of at least 4 members (excludes halogenated alkanes) is 2. The molecule has 0 bridgehead atoms. The fourth-order valence-electron chi connectivity index (χ4n) is 6.13. The van der Waals surface area contributed by atoms with Crippen LogP contribution in [0.4, 0.5) is 11.4 Å². The van der Waals surface area contributed by atoms with Crippen LogP contribution < -0.4 is 14.8 Å². The quantitative estimate of drug-likeness (QED) is 0.311. The molecule has 2 atom stereocenters. The molecule has 2 heterocycles. The van der Waals surface area contributed by atoms with Gasteiger partial charge in [0, 0.05) is 42.9 Å². The van der Waals surface area contributed by atoms with Crippen molar-refractivity contribution in [1.29, 1.82) is 0 Å². The standard InChI is InChI=1S/C33H43N3O4S/c1-6-8-17-33(18-9-7-2)23-41(39,40)29-16-15-27(35(3)4)21-28(29)30(31(33)37)24-12-10-14-26(20-24)34-32(38)25-13-11-19-36(5)22-25/h10-16,19-22,30-31,37H,6-9,17-18,23H2,1-5H3/p+1/t30-,31-/m1/s1. The Labute approximate surface area is 245 Å². The zero-order chi connectivity index (χ0) is 29.8. The van der Waals surface area contributed by atoms with Gasteiger partial charge in [-0.2, -0.15) is 0 Å². The number of nitrogens with zero attached hydrogens (tertiary/aromatic N) is 2. The molecule has 0 fully saturated rings. The Morgan fingerprint density at radius 2 is 1.76 bits per heavy atom. The third-order valence-corrected chi connectivity index (χ3v) is 10.4. The Morgan fingerprint density at radius 3 is 2.39 bits per heavy atom. The zero-order valence-corrected chi connectivity index (χ0v) is 25.7. The number of hydrogen-bond donors (Lipinski definition) is 2. The Balaban J connectivity index is 1.87. The zero-order valence-electron chi connectivity index (χ0n) is 24.9. The lowest BCUT2D eigenvalue weighted by Crippen LogP contribution is -2.43. The first-order valence-electron chi connectivity index (χ1n) is 14.6. The molecule has 2 aromatic carbocycles. The molecule has 0 saturated carbocycles. The van der Waals surface area contributed by atoms with Crippen molar-refractivity contribution >= 4 is 27.1 Å². The molecule has 7 nitrogen and oxygen atoms in total. The molecule has 1 aliphatic rings. The summed E-state index contributed by atoms with van der Waals surface area (Å²) in [5.74, 6) is -0.895. The number of benzene rings is 2. The number of aliphatic hydroxyl groups is 1. The number of carbonyl (C=O) groups excluding carboxylic acids is 1. The van der Waals surface area contributed by atoms with Gasteiger partial charge in [-0.15, -0.1) is 0 Å². The van der Waals surface area contributed by atoms with E-state index in [9.17, 15) is 18.3 Å². The number of pyridine rings is 1. The highest BCUT2D eigenvalue weighted by Crippen LogP contribution is 2.50. The molecule has 0 aliphatic carbocycles. The smallest absolute Gasteiger partial charge is 0.261 e. The molecule has 1 amide bonds. The Kier molecular flexibility index (Phi) is 9.55. The maximum absolute atomic E-state index is 14.1. The van der Waals surface area contributed by atoms with Gasteiger partial charge in [0.15, 0.2) is 22.2 Å². The van der Waals surface area contributed by atoms with Gasteiger partial charge in [-0.3, -0.25) is 4.79 Å². The number of amides is 1. The fourth-order valence-corrected chi connectivity index (χ4v) is 8.32. The van der Waals surface area contributed by atoms with E-state index in [-0.39, 0.29) is 16.6 Å². The van der Waals surface area contributed by atoms with Crippen LogP contribution in [0.5, 0.6) is 0 Å². The molecular formula is C33H44N3O4S+. The van der Waals surface area contributed by atoms with Gasteiger partial charge in [0.2, 0.25) is 0 Å². The second-order valence-corrected chi connectivity index (χ2v) is 13.7. The van der Waals surface area contributed by atoms with Crippen LogP contribution in [0.2, 0.25) is 0 Å². The van der Waals surface area contributed by atoms with Gasteiger partial charge in [-0.25, -0.2) is 13.0 Å². The van der Waals surface area contributed by atoms with Crippen LogP contribution in [0.1, 0.15) is 79.8 Å². The normalized spacial score (nSPS) is 19.2. The van der Waals surface area contributed by atoms with Crippen molar-refractivity contribution in [2.75, 3.05) is 30.1 Å². The molecular weight excluding hydrogens is 534 g/mol. The number of hydrogen-bond acceptors (Lipinski definition) is 5. The van der Waals surface area contributed by atoms with Crippen LogP contribution in [-0.4, -0.2) is 45.4 Å². The highest BCUT2D eigenvalue weighted by atomic mass is 32.2. The average Bonchev–Trinajstić information content (AvgIpc) is 3.01. The second-order valence-electron chi connectivity index (χ2n) is 11.7. The van der Waals surface area contributed by atoms with Gasteiger partial charge in [0.1, 0.15) is 12.6 Å². The summed E-state index contributed by atoms with van der Waals surface area (Å²) in [6, 6.07) is 16.5. The summed E-state index contributed by atoms with van der Waals surface area (Å²) >= 11 is 0.